The van der Waals surface area contributed by atoms with Gasteiger partial charge in [-0.1, -0.05) is 18.5 Å². The van der Waals surface area contributed by atoms with Crippen molar-refractivity contribution in [1.29, 1.82) is 0 Å². The molecule has 0 aromatic heterocycles. The zero-order chi connectivity index (χ0) is 13.0. The minimum atomic E-state index is -0.266. The maximum absolute atomic E-state index is 13.6. The van der Waals surface area contributed by atoms with E-state index in [-0.39, 0.29) is 24.4 Å². The van der Waals surface area contributed by atoms with E-state index >= 15 is 0 Å². The molecule has 2 N–H and O–H groups in total. The van der Waals surface area contributed by atoms with Gasteiger partial charge in [0.15, 0.2) is 0 Å². The highest BCUT2D eigenvalue weighted by atomic mass is 35.5. The zero-order valence-electron chi connectivity index (χ0n) is 10.4. The molecular weight excluding hydrogens is 241 g/mol. The quantitative estimate of drug-likeness (QED) is 0.852. The Morgan fingerprint density at radius 1 is 1.47 bits per heavy atom. The molecule has 2 atom stereocenters. The highest BCUT2D eigenvalue weighted by Crippen LogP contribution is 2.31. The predicted molar refractivity (Wildman–Crippen MR) is 68.8 cm³/mol. The molecule has 0 heterocycles. The second-order valence-electron chi connectivity index (χ2n) is 4.24. The van der Waals surface area contributed by atoms with Crippen LogP contribution in [-0.2, 0) is 0 Å². The lowest BCUT2D eigenvalue weighted by Gasteiger charge is -2.25. The van der Waals surface area contributed by atoms with E-state index in [2.05, 4.69) is 5.32 Å². The van der Waals surface area contributed by atoms with Crippen molar-refractivity contribution in [2.45, 2.75) is 26.3 Å². The molecule has 1 aromatic rings. The average molecular weight is 260 g/mol. The molecule has 2 unspecified atom stereocenters. The van der Waals surface area contributed by atoms with Gasteiger partial charge in [0.05, 0.1) is 0 Å². The van der Waals surface area contributed by atoms with Crippen molar-refractivity contribution in [3.8, 4) is 0 Å². The number of hydrogen-bond acceptors (Lipinski definition) is 2. The SMILES string of the molecule is CCC(CO)C(NC)c1cc(F)c(C)cc1Cl. The number of aryl methyl sites for hydroxylation is 1. The van der Waals surface area contributed by atoms with Gasteiger partial charge in [0.25, 0.3) is 0 Å². The highest BCUT2D eigenvalue weighted by Gasteiger charge is 2.22. The third-order valence-electron chi connectivity index (χ3n) is 3.15. The molecule has 0 spiro atoms. The summed E-state index contributed by atoms with van der Waals surface area (Å²) in [7, 11) is 1.79. The minimum absolute atomic E-state index is 0.0274. The normalized spacial score (nSPS) is 14.7. The minimum Gasteiger partial charge on any atom is -0.396 e. The largest absolute Gasteiger partial charge is 0.396 e. The van der Waals surface area contributed by atoms with Gasteiger partial charge in [0.2, 0.25) is 0 Å². The Hall–Kier alpha value is -0.640. The van der Waals surface area contributed by atoms with Gasteiger partial charge in [-0.3, -0.25) is 0 Å². The Balaban J connectivity index is 3.15. The van der Waals surface area contributed by atoms with E-state index in [0.717, 1.165) is 6.42 Å². The summed E-state index contributed by atoms with van der Waals surface area (Å²) in [5.74, 6) is -0.239. The van der Waals surface area contributed by atoms with Gasteiger partial charge in [-0.2, -0.15) is 0 Å². The monoisotopic (exact) mass is 259 g/mol. The number of aliphatic hydroxyl groups excluding tert-OH is 1. The molecule has 2 nitrogen and oxygen atoms in total. The van der Waals surface area contributed by atoms with Crippen LogP contribution in [0.4, 0.5) is 4.39 Å². The van der Waals surface area contributed by atoms with Crippen molar-refractivity contribution in [3.63, 3.8) is 0 Å². The average Bonchev–Trinajstić information content (AvgIpc) is 2.31. The maximum atomic E-state index is 13.6. The Labute approximate surface area is 107 Å². The van der Waals surface area contributed by atoms with Crippen LogP contribution in [0.3, 0.4) is 0 Å². The predicted octanol–water partition coefficient (Wildman–Crippen LogP) is 3.07. The summed E-state index contributed by atoms with van der Waals surface area (Å²) in [4.78, 5) is 0. The van der Waals surface area contributed by atoms with Crippen molar-refractivity contribution in [2.75, 3.05) is 13.7 Å². The first-order valence-electron chi connectivity index (χ1n) is 5.78. The lowest BCUT2D eigenvalue weighted by Crippen LogP contribution is -2.27. The second kappa shape index (κ2) is 6.34. The van der Waals surface area contributed by atoms with E-state index in [0.29, 0.717) is 16.1 Å². The topological polar surface area (TPSA) is 32.3 Å². The number of rotatable bonds is 5. The Kier molecular flexibility index (Phi) is 5.37. The van der Waals surface area contributed by atoms with Crippen LogP contribution in [0.2, 0.25) is 5.02 Å². The van der Waals surface area contributed by atoms with Gasteiger partial charge in [-0.15, -0.1) is 0 Å². The van der Waals surface area contributed by atoms with Crippen LogP contribution < -0.4 is 5.32 Å². The lowest BCUT2D eigenvalue weighted by atomic mass is 9.91. The molecule has 1 rings (SSSR count). The molecule has 0 amide bonds. The fourth-order valence-corrected chi connectivity index (χ4v) is 2.35. The van der Waals surface area contributed by atoms with Gasteiger partial charge < -0.3 is 10.4 Å². The molecule has 0 aliphatic carbocycles. The molecular formula is C13H19ClFNO. The van der Waals surface area contributed by atoms with Gasteiger partial charge in [-0.25, -0.2) is 4.39 Å². The molecule has 4 heteroatoms. The van der Waals surface area contributed by atoms with Gasteiger partial charge in [-0.05, 0) is 43.7 Å². The number of benzene rings is 1. The van der Waals surface area contributed by atoms with Crippen LogP contribution in [-0.4, -0.2) is 18.8 Å². The van der Waals surface area contributed by atoms with Crippen LogP contribution in [0.25, 0.3) is 0 Å². The molecule has 0 radical (unpaired) electrons. The molecule has 0 saturated carbocycles. The van der Waals surface area contributed by atoms with E-state index in [4.69, 9.17) is 11.6 Å². The summed E-state index contributed by atoms with van der Waals surface area (Å²) in [5, 5.41) is 13.0. The molecule has 0 saturated heterocycles. The van der Waals surface area contributed by atoms with Crippen molar-refractivity contribution < 1.29 is 9.50 Å². The second-order valence-corrected chi connectivity index (χ2v) is 4.65. The summed E-state index contributed by atoms with van der Waals surface area (Å²) >= 11 is 6.14. The molecule has 0 aliphatic rings. The molecule has 17 heavy (non-hydrogen) atoms. The standard InChI is InChI=1S/C13H19ClFNO/c1-4-9(7-17)13(16-3)10-6-12(15)8(2)5-11(10)14/h5-6,9,13,16-17H,4,7H2,1-3H3. The van der Waals surface area contributed by atoms with Gasteiger partial charge in [0, 0.05) is 23.6 Å². The first kappa shape index (κ1) is 14.4. The number of nitrogens with one attached hydrogen (secondary N) is 1. The smallest absolute Gasteiger partial charge is 0.126 e. The Bertz CT molecular complexity index is 380. The van der Waals surface area contributed by atoms with Crippen LogP contribution in [0.5, 0.6) is 0 Å². The third-order valence-corrected chi connectivity index (χ3v) is 3.48. The third kappa shape index (κ3) is 3.18. The molecule has 96 valence electrons. The molecule has 0 bridgehead atoms. The maximum Gasteiger partial charge on any atom is 0.126 e. The van der Waals surface area contributed by atoms with E-state index in [1.165, 1.54) is 6.07 Å². The number of halogens is 2. The van der Waals surface area contributed by atoms with E-state index in [1.54, 1.807) is 20.0 Å². The molecule has 1 aromatic carbocycles. The highest BCUT2D eigenvalue weighted by molar-refractivity contribution is 6.31. The van der Waals surface area contributed by atoms with E-state index in [9.17, 15) is 9.50 Å². The van der Waals surface area contributed by atoms with E-state index < -0.39 is 0 Å². The van der Waals surface area contributed by atoms with Crippen LogP contribution in [0, 0.1) is 18.7 Å². The van der Waals surface area contributed by atoms with Crippen molar-refractivity contribution in [3.05, 3.63) is 34.1 Å². The van der Waals surface area contributed by atoms with Gasteiger partial charge in [0.1, 0.15) is 5.82 Å². The van der Waals surface area contributed by atoms with Crippen molar-refractivity contribution in [1.82, 2.24) is 5.32 Å². The summed E-state index contributed by atoms with van der Waals surface area (Å²) in [6.45, 7) is 3.72. The fourth-order valence-electron chi connectivity index (χ4n) is 2.02. The van der Waals surface area contributed by atoms with Crippen LogP contribution in [0.1, 0.15) is 30.5 Å². The van der Waals surface area contributed by atoms with E-state index in [1.807, 2.05) is 6.92 Å². The summed E-state index contributed by atoms with van der Waals surface area (Å²) in [6.07, 6.45) is 0.799. The molecule has 0 aliphatic heterocycles. The Morgan fingerprint density at radius 2 is 2.12 bits per heavy atom. The Morgan fingerprint density at radius 3 is 2.59 bits per heavy atom. The summed E-state index contributed by atoms with van der Waals surface area (Å²) in [6, 6.07) is 2.95. The fraction of sp³-hybridized carbons (Fsp3) is 0.538. The zero-order valence-corrected chi connectivity index (χ0v) is 11.2. The van der Waals surface area contributed by atoms with Gasteiger partial charge >= 0.3 is 0 Å². The number of hydrogen-bond donors (Lipinski definition) is 2. The van der Waals surface area contributed by atoms with Crippen molar-refractivity contribution >= 4 is 11.6 Å². The van der Waals surface area contributed by atoms with Crippen molar-refractivity contribution in [2.24, 2.45) is 5.92 Å². The number of aliphatic hydroxyl groups is 1. The lowest BCUT2D eigenvalue weighted by molar-refractivity contribution is 0.189. The first-order chi connectivity index (χ1) is 8.04. The first-order valence-corrected chi connectivity index (χ1v) is 6.16. The van der Waals surface area contributed by atoms with Crippen LogP contribution >= 0.6 is 11.6 Å². The summed E-state index contributed by atoms with van der Waals surface area (Å²) in [5.41, 5.74) is 1.24. The molecule has 0 fully saturated rings. The van der Waals surface area contributed by atoms with Crippen LogP contribution in [0.15, 0.2) is 12.1 Å². The summed E-state index contributed by atoms with van der Waals surface area (Å²) < 4.78 is 13.6.